The quantitative estimate of drug-likeness (QED) is 0.825. The minimum absolute atomic E-state index is 0.0927. The lowest BCUT2D eigenvalue weighted by Gasteiger charge is -2.35. The Morgan fingerprint density at radius 1 is 1.29 bits per heavy atom. The van der Waals surface area contributed by atoms with Gasteiger partial charge in [0, 0.05) is 30.7 Å². The van der Waals surface area contributed by atoms with Gasteiger partial charge in [0.05, 0.1) is 5.56 Å². The minimum Gasteiger partial charge on any atom is -0.336 e. The third-order valence-electron chi connectivity index (χ3n) is 3.84. The van der Waals surface area contributed by atoms with Gasteiger partial charge in [-0.1, -0.05) is 13.8 Å². The second-order valence-corrected chi connectivity index (χ2v) is 6.79. The molecule has 2 rings (SSSR count). The molecular formula is C16H22BrFN2O. The van der Waals surface area contributed by atoms with Crippen molar-refractivity contribution in [2.45, 2.75) is 20.3 Å². The molecule has 21 heavy (non-hydrogen) atoms. The van der Waals surface area contributed by atoms with Gasteiger partial charge in [-0.15, -0.1) is 0 Å². The lowest BCUT2D eigenvalue weighted by Crippen LogP contribution is -2.49. The number of carbonyl (C=O) groups is 1. The summed E-state index contributed by atoms with van der Waals surface area (Å²) in [7, 11) is 0. The van der Waals surface area contributed by atoms with Crippen LogP contribution in [0, 0.1) is 11.7 Å². The molecule has 0 saturated carbocycles. The summed E-state index contributed by atoms with van der Waals surface area (Å²) in [6, 6.07) is 4.24. The molecule has 3 nitrogen and oxygen atoms in total. The average molecular weight is 357 g/mol. The highest BCUT2D eigenvalue weighted by atomic mass is 79.9. The van der Waals surface area contributed by atoms with Crippen molar-refractivity contribution >= 4 is 21.8 Å². The molecule has 1 amide bonds. The molecule has 5 heteroatoms. The number of halogens is 2. The van der Waals surface area contributed by atoms with Crippen LogP contribution in [-0.2, 0) is 0 Å². The van der Waals surface area contributed by atoms with E-state index in [9.17, 15) is 9.18 Å². The largest absolute Gasteiger partial charge is 0.336 e. The molecule has 1 aliphatic rings. The van der Waals surface area contributed by atoms with Crippen molar-refractivity contribution in [1.82, 2.24) is 9.80 Å². The molecule has 0 aromatic heterocycles. The summed E-state index contributed by atoms with van der Waals surface area (Å²) >= 11 is 3.33. The molecule has 0 unspecified atom stereocenters. The smallest absolute Gasteiger partial charge is 0.255 e. The zero-order valence-corrected chi connectivity index (χ0v) is 14.2. The van der Waals surface area contributed by atoms with Crippen molar-refractivity contribution in [3.8, 4) is 0 Å². The van der Waals surface area contributed by atoms with Crippen LogP contribution in [0.2, 0.25) is 0 Å². The van der Waals surface area contributed by atoms with Gasteiger partial charge in [-0.25, -0.2) is 4.39 Å². The highest BCUT2D eigenvalue weighted by Gasteiger charge is 2.23. The summed E-state index contributed by atoms with van der Waals surface area (Å²) in [4.78, 5) is 16.7. The summed E-state index contributed by atoms with van der Waals surface area (Å²) in [6.07, 6.45) is 1.18. The maximum atomic E-state index is 13.3. The molecule has 116 valence electrons. The topological polar surface area (TPSA) is 23.6 Å². The molecule has 1 aromatic rings. The Kier molecular flexibility index (Phi) is 5.76. The molecule has 0 spiro atoms. The van der Waals surface area contributed by atoms with E-state index >= 15 is 0 Å². The van der Waals surface area contributed by atoms with E-state index in [1.54, 1.807) is 6.07 Å². The van der Waals surface area contributed by atoms with Crippen LogP contribution in [0.1, 0.15) is 30.6 Å². The highest BCUT2D eigenvalue weighted by Crippen LogP contribution is 2.20. The molecule has 1 fully saturated rings. The second-order valence-electron chi connectivity index (χ2n) is 5.94. The molecule has 1 aromatic carbocycles. The predicted octanol–water partition coefficient (Wildman–Crippen LogP) is 3.39. The lowest BCUT2D eigenvalue weighted by molar-refractivity contribution is 0.0630. The minimum atomic E-state index is -0.378. The first-order chi connectivity index (χ1) is 9.97. The second kappa shape index (κ2) is 7.36. The van der Waals surface area contributed by atoms with Crippen LogP contribution < -0.4 is 0 Å². The van der Waals surface area contributed by atoms with Crippen molar-refractivity contribution < 1.29 is 9.18 Å². The molecule has 0 radical (unpaired) electrons. The molecular weight excluding hydrogens is 335 g/mol. The van der Waals surface area contributed by atoms with Gasteiger partial charge in [-0.05, 0) is 53.0 Å². The standard InChI is InChI=1S/C16H22BrFN2O/c1-12(2)5-6-19-7-9-20(10-8-19)16(21)14-11-13(18)3-4-15(14)17/h3-4,11-12H,5-10H2,1-2H3. The molecule has 0 bridgehead atoms. The van der Waals surface area contributed by atoms with Gasteiger partial charge in [0.25, 0.3) is 5.91 Å². The Hall–Kier alpha value is -0.940. The molecule has 1 saturated heterocycles. The fourth-order valence-electron chi connectivity index (χ4n) is 2.45. The maximum Gasteiger partial charge on any atom is 0.255 e. The summed E-state index contributed by atoms with van der Waals surface area (Å²) < 4.78 is 14.0. The first kappa shape index (κ1) is 16.4. The van der Waals surface area contributed by atoms with Gasteiger partial charge in [0.2, 0.25) is 0 Å². The number of rotatable bonds is 4. The fourth-order valence-corrected chi connectivity index (χ4v) is 2.86. The molecule has 0 atom stereocenters. The summed E-state index contributed by atoms with van der Waals surface area (Å²) in [5.74, 6) is 0.231. The summed E-state index contributed by atoms with van der Waals surface area (Å²) in [6.45, 7) is 8.74. The van der Waals surface area contributed by atoms with Crippen molar-refractivity contribution in [2.24, 2.45) is 5.92 Å². The van der Waals surface area contributed by atoms with Crippen LogP contribution in [0.25, 0.3) is 0 Å². The Morgan fingerprint density at radius 2 is 1.95 bits per heavy atom. The number of nitrogens with zero attached hydrogens (tertiary/aromatic N) is 2. The van der Waals surface area contributed by atoms with E-state index < -0.39 is 0 Å². The molecule has 0 N–H and O–H groups in total. The molecule has 1 heterocycles. The van der Waals surface area contributed by atoms with E-state index in [1.165, 1.54) is 18.6 Å². The highest BCUT2D eigenvalue weighted by molar-refractivity contribution is 9.10. The van der Waals surface area contributed by atoms with Gasteiger partial charge < -0.3 is 4.90 Å². The van der Waals surface area contributed by atoms with Gasteiger partial charge in [-0.3, -0.25) is 9.69 Å². The average Bonchev–Trinajstić information content (AvgIpc) is 2.47. The third kappa shape index (κ3) is 4.51. The van der Waals surface area contributed by atoms with E-state index in [-0.39, 0.29) is 11.7 Å². The number of benzene rings is 1. The zero-order valence-electron chi connectivity index (χ0n) is 12.6. The molecule has 1 aliphatic heterocycles. The SMILES string of the molecule is CC(C)CCN1CCN(C(=O)c2cc(F)ccc2Br)CC1. The van der Waals surface area contributed by atoms with Crippen molar-refractivity contribution in [3.63, 3.8) is 0 Å². The Bertz CT molecular complexity index is 499. The van der Waals surface area contributed by atoms with Crippen molar-refractivity contribution in [2.75, 3.05) is 32.7 Å². The van der Waals surface area contributed by atoms with Crippen LogP contribution in [0.4, 0.5) is 4.39 Å². The van der Waals surface area contributed by atoms with Gasteiger partial charge in [0.1, 0.15) is 5.82 Å². The van der Waals surface area contributed by atoms with Crippen LogP contribution in [0.5, 0.6) is 0 Å². The van der Waals surface area contributed by atoms with Crippen LogP contribution in [0.15, 0.2) is 22.7 Å². The maximum absolute atomic E-state index is 13.3. The predicted molar refractivity (Wildman–Crippen MR) is 85.9 cm³/mol. The van der Waals surface area contributed by atoms with Crippen LogP contribution in [0.3, 0.4) is 0 Å². The third-order valence-corrected chi connectivity index (χ3v) is 4.53. The Balaban J connectivity index is 1.92. The summed E-state index contributed by atoms with van der Waals surface area (Å²) in [5, 5.41) is 0. The van der Waals surface area contributed by atoms with Crippen LogP contribution >= 0.6 is 15.9 Å². The first-order valence-electron chi connectivity index (χ1n) is 7.44. The number of hydrogen-bond donors (Lipinski definition) is 0. The van der Waals surface area contributed by atoms with Crippen LogP contribution in [-0.4, -0.2) is 48.4 Å². The fraction of sp³-hybridized carbons (Fsp3) is 0.562. The Labute approximate surface area is 134 Å². The number of amides is 1. The van der Waals surface area contributed by atoms with E-state index in [1.807, 2.05) is 4.90 Å². The van der Waals surface area contributed by atoms with Gasteiger partial charge in [0.15, 0.2) is 0 Å². The summed E-state index contributed by atoms with van der Waals surface area (Å²) in [5.41, 5.74) is 0.408. The van der Waals surface area contributed by atoms with Crippen molar-refractivity contribution in [3.05, 3.63) is 34.1 Å². The number of hydrogen-bond acceptors (Lipinski definition) is 2. The Morgan fingerprint density at radius 3 is 2.57 bits per heavy atom. The van der Waals surface area contributed by atoms with Crippen molar-refractivity contribution in [1.29, 1.82) is 0 Å². The van der Waals surface area contributed by atoms with Gasteiger partial charge in [-0.2, -0.15) is 0 Å². The molecule has 0 aliphatic carbocycles. The first-order valence-corrected chi connectivity index (χ1v) is 8.23. The van der Waals surface area contributed by atoms with E-state index in [0.717, 1.165) is 19.6 Å². The van der Waals surface area contributed by atoms with E-state index in [4.69, 9.17) is 0 Å². The normalized spacial score (nSPS) is 16.5. The number of piperazine rings is 1. The zero-order chi connectivity index (χ0) is 15.4. The number of carbonyl (C=O) groups excluding carboxylic acids is 1. The monoisotopic (exact) mass is 356 g/mol. The van der Waals surface area contributed by atoms with Gasteiger partial charge >= 0.3 is 0 Å². The van der Waals surface area contributed by atoms with E-state index in [2.05, 4.69) is 34.7 Å². The lowest BCUT2D eigenvalue weighted by atomic mass is 10.1. The van der Waals surface area contributed by atoms with E-state index in [0.29, 0.717) is 29.0 Å².